The molecule has 0 aromatic heterocycles. The van der Waals surface area contributed by atoms with Gasteiger partial charge in [0.15, 0.2) is 34.5 Å². The highest BCUT2D eigenvalue weighted by molar-refractivity contribution is 6.01. The number of benzene rings is 4. The van der Waals surface area contributed by atoms with E-state index in [2.05, 4.69) is 47.8 Å². The predicted molar refractivity (Wildman–Crippen MR) is 194 cm³/mol. The van der Waals surface area contributed by atoms with Gasteiger partial charge in [-0.15, -0.1) is 0 Å². The van der Waals surface area contributed by atoms with Gasteiger partial charge in [0.2, 0.25) is 5.75 Å². The Morgan fingerprint density at radius 2 is 1.49 bits per heavy atom. The number of methoxy groups -OCH3 is 4. The maximum Gasteiger partial charge on any atom is 0.264 e. The minimum atomic E-state index is -0.301. The Morgan fingerprint density at radius 1 is 0.784 bits per heavy atom. The summed E-state index contributed by atoms with van der Waals surface area (Å²) >= 11 is 0. The molecule has 264 valence electrons. The number of likely N-dealkylation sites (N-methyl/N-ethyl adjacent to an activating group) is 1. The van der Waals surface area contributed by atoms with Crippen molar-refractivity contribution in [2.45, 2.75) is 44.2 Å². The number of anilines is 1. The van der Waals surface area contributed by atoms with Crippen LogP contribution in [-0.2, 0) is 30.5 Å². The van der Waals surface area contributed by atoms with Crippen LogP contribution in [0.25, 0.3) is 0 Å². The summed E-state index contributed by atoms with van der Waals surface area (Å²) in [6, 6.07) is 18.3. The summed E-state index contributed by atoms with van der Waals surface area (Å²) in [4.78, 5) is 16.2. The highest BCUT2D eigenvalue weighted by Crippen LogP contribution is 2.54. The molecule has 5 aliphatic rings. The number of hydrogen-bond donors (Lipinski definition) is 0. The minimum Gasteiger partial charge on any atom is -0.493 e. The van der Waals surface area contributed by atoms with Gasteiger partial charge in [0, 0.05) is 30.8 Å². The Bertz CT molecular complexity index is 2030. The molecule has 0 radical (unpaired) electrons. The zero-order valence-corrected chi connectivity index (χ0v) is 29.8. The van der Waals surface area contributed by atoms with Crippen molar-refractivity contribution < 1.29 is 33.2 Å². The van der Waals surface area contributed by atoms with Crippen LogP contribution in [0.4, 0.5) is 5.69 Å². The average Bonchev–Trinajstić information content (AvgIpc) is 3.15. The Labute approximate surface area is 298 Å². The van der Waals surface area contributed by atoms with Gasteiger partial charge in [-0.3, -0.25) is 9.69 Å². The molecule has 0 fully saturated rings. The number of amides is 1. The average molecular weight is 690 g/mol. The lowest BCUT2D eigenvalue weighted by atomic mass is 9.86. The molecular formula is C41H43N3O7. The fourth-order valence-corrected chi connectivity index (χ4v) is 8.27. The molecule has 9 rings (SSSR count). The SMILES string of the molecule is C=CC(=O)N1c2cc(OC)c3cc2C[C@H]2c4c(cc(OC)c(OC)c4Oc4cc5c(cc4OC)CCN(C)[C@H]5CCc4ccc(cc4)O3)CCN21. The van der Waals surface area contributed by atoms with Crippen molar-refractivity contribution >= 4 is 11.6 Å². The van der Waals surface area contributed by atoms with Gasteiger partial charge in [0.1, 0.15) is 5.75 Å². The summed E-state index contributed by atoms with van der Waals surface area (Å²) in [5.41, 5.74) is 7.33. The quantitative estimate of drug-likeness (QED) is 0.200. The van der Waals surface area contributed by atoms with E-state index < -0.39 is 0 Å². The summed E-state index contributed by atoms with van der Waals surface area (Å²) in [5.74, 6) is 4.39. The van der Waals surface area contributed by atoms with Crippen LogP contribution in [0.2, 0.25) is 0 Å². The fraction of sp³-hybridized carbons (Fsp3) is 0.341. The van der Waals surface area contributed by atoms with Gasteiger partial charge in [-0.2, -0.15) is 0 Å². The first kappa shape index (κ1) is 33.0. The molecule has 10 heteroatoms. The monoisotopic (exact) mass is 689 g/mol. The first-order valence-corrected chi connectivity index (χ1v) is 17.4. The van der Waals surface area contributed by atoms with Gasteiger partial charge in [-0.25, -0.2) is 10.0 Å². The number of fused-ring (bicyclic) bond motifs is 3. The zero-order chi connectivity index (χ0) is 35.4. The maximum absolute atomic E-state index is 13.8. The lowest BCUT2D eigenvalue weighted by molar-refractivity contribution is -0.118. The van der Waals surface area contributed by atoms with E-state index in [0.717, 1.165) is 48.2 Å². The van der Waals surface area contributed by atoms with Crippen LogP contribution in [0.1, 0.15) is 51.9 Å². The van der Waals surface area contributed by atoms with E-state index in [9.17, 15) is 4.79 Å². The van der Waals surface area contributed by atoms with Crippen LogP contribution in [-0.4, -0.2) is 64.4 Å². The topological polar surface area (TPSA) is 82.2 Å². The number of ether oxygens (including phenoxy) is 6. The largest absolute Gasteiger partial charge is 0.493 e. The molecule has 0 saturated heterocycles. The van der Waals surface area contributed by atoms with Crippen molar-refractivity contribution in [3.63, 3.8) is 0 Å². The van der Waals surface area contributed by atoms with Crippen molar-refractivity contribution in [1.82, 2.24) is 9.91 Å². The first-order valence-electron chi connectivity index (χ1n) is 17.4. The zero-order valence-electron chi connectivity index (χ0n) is 29.8. The van der Waals surface area contributed by atoms with Crippen molar-refractivity contribution in [1.29, 1.82) is 0 Å². The predicted octanol–water partition coefficient (Wildman–Crippen LogP) is 7.37. The van der Waals surface area contributed by atoms with Crippen LogP contribution in [0, 0.1) is 0 Å². The Hall–Kier alpha value is -5.19. The molecule has 0 aliphatic carbocycles. The minimum absolute atomic E-state index is 0.178. The van der Waals surface area contributed by atoms with Gasteiger partial charge < -0.3 is 28.4 Å². The molecule has 10 nitrogen and oxygen atoms in total. The molecule has 2 atom stereocenters. The second-order valence-corrected chi connectivity index (χ2v) is 13.5. The third-order valence-corrected chi connectivity index (χ3v) is 10.8. The third kappa shape index (κ3) is 5.53. The van der Waals surface area contributed by atoms with Crippen molar-refractivity contribution in [3.05, 3.63) is 101 Å². The van der Waals surface area contributed by atoms with E-state index in [1.165, 1.54) is 22.8 Å². The highest BCUT2D eigenvalue weighted by atomic mass is 16.5. The summed E-state index contributed by atoms with van der Waals surface area (Å²) in [7, 11) is 8.74. The smallest absolute Gasteiger partial charge is 0.264 e. The number of aryl methyl sites for hydroxylation is 1. The normalized spacial score (nSPS) is 19.2. The first-order chi connectivity index (χ1) is 24.8. The van der Waals surface area contributed by atoms with Crippen LogP contribution < -0.4 is 33.4 Å². The molecule has 0 N–H and O–H groups in total. The second-order valence-electron chi connectivity index (χ2n) is 13.5. The molecule has 0 unspecified atom stereocenters. The van der Waals surface area contributed by atoms with Crippen molar-refractivity contribution in [2.75, 3.05) is 53.6 Å². The van der Waals surface area contributed by atoms with E-state index in [1.807, 2.05) is 30.3 Å². The number of hydrogen-bond acceptors (Lipinski definition) is 9. The van der Waals surface area contributed by atoms with E-state index in [4.69, 9.17) is 28.4 Å². The van der Waals surface area contributed by atoms with Crippen LogP contribution in [0.5, 0.6) is 46.0 Å². The molecular weight excluding hydrogens is 646 g/mol. The maximum atomic E-state index is 13.8. The van der Waals surface area contributed by atoms with E-state index in [-0.39, 0.29) is 18.0 Å². The summed E-state index contributed by atoms with van der Waals surface area (Å²) in [6.07, 6.45) is 5.28. The Morgan fingerprint density at radius 3 is 2.22 bits per heavy atom. The van der Waals surface area contributed by atoms with Crippen molar-refractivity contribution in [3.8, 4) is 46.0 Å². The van der Waals surface area contributed by atoms with Crippen LogP contribution in [0.15, 0.2) is 67.3 Å². The molecule has 0 spiro atoms. The number of carbonyl (C=O) groups excluding carboxylic acids is 1. The summed E-state index contributed by atoms with van der Waals surface area (Å²) in [5, 5.41) is 3.81. The Kier molecular flexibility index (Phi) is 8.52. The number of nitrogens with zero attached hydrogens (tertiary/aromatic N) is 3. The molecule has 4 aromatic rings. The summed E-state index contributed by atoms with van der Waals surface area (Å²) in [6.45, 7) is 5.38. The number of rotatable bonds is 5. The third-order valence-electron chi connectivity index (χ3n) is 10.8. The molecule has 1 amide bonds. The lowest BCUT2D eigenvalue weighted by Crippen LogP contribution is -2.54. The van der Waals surface area contributed by atoms with Gasteiger partial charge in [0.25, 0.3) is 5.91 Å². The molecule has 5 heterocycles. The summed E-state index contributed by atoms with van der Waals surface area (Å²) < 4.78 is 37.4. The van der Waals surface area contributed by atoms with E-state index in [0.29, 0.717) is 65.4 Å². The van der Waals surface area contributed by atoms with E-state index in [1.54, 1.807) is 33.4 Å². The van der Waals surface area contributed by atoms with E-state index >= 15 is 0 Å². The lowest BCUT2D eigenvalue weighted by Gasteiger charge is -2.48. The molecule has 0 saturated carbocycles. The van der Waals surface area contributed by atoms with Crippen molar-refractivity contribution in [2.24, 2.45) is 0 Å². The number of carbonyl (C=O) groups is 1. The standard InChI is InChI=1S/C41H43N3O7/c1-7-38(45)44-31-23-34(47-4)35-21-27(31)18-32-39-26(15-17-43(32)44)20-37(48-5)40(49-6)41(39)51-36-22-29-25(19-33(36)46-3)14-16-42(2)30(29)13-10-24-8-11-28(50-35)12-9-24/h7-9,11-12,19-23,30,32H,1,10,13-18H2,2-6H3/t30-,32-/m0/s1. The van der Waals surface area contributed by atoms with Crippen LogP contribution in [0.3, 0.4) is 0 Å². The van der Waals surface area contributed by atoms with Crippen LogP contribution >= 0.6 is 0 Å². The second kappa shape index (κ2) is 13.2. The van der Waals surface area contributed by atoms with Gasteiger partial charge in [-0.1, -0.05) is 18.7 Å². The molecule has 7 bridgehead atoms. The number of hydrazine groups is 1. The van der Waals surface area contributed by atoms with Gasteiger partial charge in [-0.05, 0) is 109 Å². The Balaban J connectivity index is 1.39. The molecule has 51 heavy (non-hydrogen) atoms. The van der Waals surface area contributed by atoms with Gasteiger partial charge in [0.05, 0.1) is 40.2 Å². The highest BCUT2D eigenvalue weighted by Gasteiger charge is 2.43. The van der Waals surface area contributed by atoms with Gasteiger partial charge >= 0.3 is 0 Å². The fourth-order valence-electron chi connectivity index (χ4n) is 8.27. The molecule has 4 aromatic carbocycles. The molecule has 5 aliphatic heterocycles.